The fourth-order valence-corrected chi connectivity index (χ4v) is 6.04. The number of carbonyl (C=O) groups excluding carboxylic acids is 2. The molecule has 2 amide bonds. The largest absolute Gasteiger partial charge is 0.405 e. The van der Waals surface area contributed by atoms with E-state index in [9.17, 15) is 22.8 Å². The molecule has 0 spiro atoms. The molecule has 0 aliphatic heterocycles. The number of alkyl halides is 3. The molecule has 8 heteroatoms. The molecule has 1 heterocycles. The van der Waals surface area contributed by atoms with E-state index < -0.39 is 24.5 Å². The second-order valence-corrected chi connectivity index (χ2v) is 10.7. The van der Waals surface area contributed by atoms with E-state index in [0.29, 0.717) is 23.2 Å². The smallest absolute Gasteiger partial charge is 0.346 e. The lowest BCUT2D eigenvalue weighted by Gasteiger charge is -2.21. The zero-order valence-corrected chi connectivity index (χ0v) is 23.5. The van der Waals surface area contributed by atoms with Gasteiger partial charge in [-0.25, -0.2) is 0 Å². The van der Waals surface area contributed by atoms with Crippen LogP contribution in [-0.4, -0.2) is 29.1 Å². The third-order valence-corrected chi connectivity index (χ3v) is 7.97. The van der Waals surface area contributed by atoms with Gasteiger partial charge in [0, 0.05) is 22.8 Å². The normalized spacial score (nSPS) is 13.9. The SMILES string of the molecule is CCCCc1c(-n2ccc3c(NC(=O)c4ccccc4)cccc32)ccc2c1C(C(=O)NCC(F)(F)F)c1ccccc1-2. The lowest BCUT2D eigenvalue weighted by molar-refractivity contribution is -0.138. The van der Waals surface area contributed by atoms with E-state index >= 15 is 0 Å². The van der Waals surface area contributed by atoms with E-state index in [4.69, 9.17) is 0 Å². The second kappa shape index (κ2) is 11.4. The fourth-order valence-electron chi connectivity index (χ4n) is 6.04. The number of unbranched alkanes of at least 4 members (excludes halogenated alkanes) is 1. The van der Waals surface area contributed by atoms with Crippen LogP contribution in [0.25, 0.3) is 27.7 Å². The summed E-state index contributed by atoms with van der Waals surface area (Å²) in [6.45, 7) is 0.696. The van der Waals surface area contributed by atoms with Gasteiger partial charge in [0.1, 0.15) is 6.54 Å². The molecule has 0 fully saturated rings. The number of anilines is 1. The van der Waals surface area contributed by atoms with E-state index in [1.54, 1.807) is 12.1 Å². The number of amides is 2. The van der Waals surface area contributed by atoms with Crippen LogP contribution >= 0.6 is 0 Å². The van der Waals surface area contributed by atoms with Gasteiger partial charge in [0.25, 0.3) is 5.91 Å². The summed E-state index contributed by atoms with van der Waals surface area (Å²) < 4.78 is 41.3. The quantitative estimate of drug-likeness (QED) is 0.195. The lowest BCUT2D eigenvalue weighted by atomic mass is 9.88. The highest BCUT2D eigenvalue weighted by Crippen LogP contribution is 2.48. The van der Waals surface area contributed by atoms with Crippen molar-refractivity contribution in [3.8, 4) is 16.8 Å². The Labute approximate surface area is 247 Å². The number of carbonyl (C=O) groups is 2. The summed E-state index contributed by atoms with van der Waals surface area (Å²) in [4.78, 5) is 26.4. The van der Waals surface area contributed by atoms with Gasteiger partial charge in [-0.1, -0.05) is 67.9 Å². The van der Waals surface area contributed by atoms with Crippen LogP contribution in [0.5, 0.6) is 0 Å². The van der Waals surface area contributed by atoms with Crippen LogP contribution in [0.3, 0.4) is 0 Å². The van der Waals surface area contributed by atoms with Gasteiger partial charge in [-0.3, -0.25) is 9.59 Å². The Bertz CT molecular complexity index is 1830. The summed E-state index contributed by atoms with van der Waals surface area (Å²) in [7, 11) is 0. The third-order valence-electron chi connectivity index (χ3n) is 7.97. The Balaban J connectivity index is 1.46. The standard InChI is InChI=1S/C35H30F3N3O2/c1-2-3-12-27-30(41-20-19-26-28(15-9-16-29(26)41)40-33(42)22-10-5-4-6-11-22)18-17-25-23-13-7-8-14-24(23)32(31(25)27)34(43)39-21-35(36,37)38/h4-11,13-20,32H,2-3,12,21H2,1H3,(H,39,43)(H,40,42). The Kier molecular flexibility index (Phi) is 7.52. The molecule has 1 aliphatic rings. The molecule has 5 aromatic rings. The number of rotatable bonds is 8. The topological polar surface area (TPSA) is 63.1 Å². The van der Waals surface area contributed by atoms with Gasteiger partial charge in [-0.05, 0) is 77.1 Å². The van der Waals surface area contributed by atoms with Crippen molar-refractivity contribution in [3.05, 3.63) is 119 Å². The van der Waals surface area contributed by atoms with Crippen LogP contribution in [0.4, 0.5) is 18.9 Å². The molecule has 6 rings (SSSR count). The predicted molar refractivity (Wildman–Crippen MR) is 163 cm³/mol. The summed E-state index contributed by atoms with van der Waals surface area (Å²) in [6, 6.07) is 28.0. The molecule has 218 valence electrons. The van der Waals surface area contributed by atoms with E-state index in [-0.39, 0.29) is 5.91 Å². The molecule has 43 heavy (non-hydrogen) atoms. The maximum atomic E-state index is 13.5. The van der Waals surface area contributed by atoms with Crippen LogP contribution in [0, 0.1) is 0 Å². The minimum atomic E-state index is -4.51. The lowest BCUT2D eigenvalue weighted by Crippen LogP contribution is -2.37. The molecular formula is C35H30F3N3O2. The number of nitrogens with one attached hydrogen (secondary N) is 2. The molecule has 1 aromatic heterocycles. The number of aromatic nitrogens is 1. The van der Waals surface area contributed by atoms with Gasteiger partial charge in [0.05, 0.1) is 17.1 Å². The number of benzene rings is 4. The summed E-state index contributed by atoms with van der Waals surface area (Å²) >= 11 is 0. The van der Waals surface area contributed by atoms with Crippen molar-refractivity contribution in [1.29, 1.82) is 0 Å². The van der Waals surface area contributed by atoms with Crippen LogP contribution < -0.4 is 10.6 Å². The molecule has 2 N–H and O–H groups in total. The van der Waals surface area contributed by atoms with Gasteiger partial charge < -0.3 is 15.2 Å². The zero-order valence-electron chi connectivity index (χ0n) is 23.5. The first-order valence-corrected chi connectivity index (χ1v) is 14.3. The van der Waals surface area contributed by atoms with Gasteiger partial charge in [-0.15, -0.1) is 0 Å². The summed E-state index contributed by atoms with van der Waals surface area (Å²) in [6.07, 6.45) is -0.185. The van der Waals surface area contributed by atoms with E-state index in [2.05, 4.69) is 17.6 Å². The summed E-state index contributed by atoms with van der Waals surface area (Å²) in [5.41, 5.74) is 7.04. The van der Waals surface area contributed by atoms with E-state index in [1.165, 1.54) is 0 Å². The summed E-state index contributed by atoms with van der Waals surface area (Å²) in [5.74, 6) is -1.74. The van der Waals surface area contributed by atoms with E-state index in [1.807, 2.05) is 89.6 Å². The minimum Gasteiger partial charge on any atom is -0.346 e. The highest BCUT2D eigenvalue weighted by Gasteiger charge is 2.38. The van der Waals surface area contributed by atoms with Gasteiger partial charge in [-0.2, -0.15) is 13.2 Å². The minimum absolute atomic E-state index is 0.215. The van der Waals surface area contributed by atoms with Gasteiger partial charge >= 0.3 is 6.18 Å². The maximum absolute atomic E-state index is 13.5. The molecule has 1 aliphatic carbocycles. The van der Waals surface area contributed by atoms with Crippen molar-refractivity contribution in [2.24, 2.45) is 0 Å². The average molecular weight is 582 g/mol. The van der Waals surface area contributed by atoms with Crippen molar-refractivity contribution in [2.75, 3.05) is 11.9 Å². The highest BCUT2D eigenvalue weighted by molar-refractivity contribution is 6.09. The highest BCUT2D eigenvalue weighted by atomic mass is 19.4. The number of nitrogens with zero attached hydrogens (tertiary/aromatic N) is 1. The molecule has 1 unspecified atom stereocenters. The monoisotopic (exact) mass is 581 g/mol. The van der Waals surface area contributed by atoms with Gasteiger partial charge in [0.2, 0.25) is 5.91 Å². The molecule has 0 saturated carbocycles. The summed E-state index contributed by atoms with van der Waals surface area (Å²) in [5, 5.41) is 6.01. The first-order valence-electron chi connectivity index (χ1n) is 14.3. The molecule has 1 atom stereocenters. The fraction of sp³-hybridized carbons (Fsp3) is 0.200. The Morgan fingerprint density at radius 3 is 2.40 bits per heavy atom. The number of hydrogen-bond donors (Lipinski definition) is 2. The molecule has 5 nitrogen and oxygen atoms in total. The first kappa shape index (κ1) is 28.3. The maximum Gasteiger partial charge on any atom is 0.405 e. The van der Waals surface area contributed by atoms with Crippen LogP contribution in [0.1, 0.15) is 52.7 Å². The first-order chi connectivity index (χ1) is 20.8. The Morgan fingerprint density at radius 2 is 1.63 bits per heavy atom. The molecule has 0 radical (unpaired) electrons. The van der Waals surface area contributed by atoms with Crippen molar-refractivity contribution < 1.29 is 22.8 Å². The average Bonchev–Trinajstić information content (AvgIpc) is 3.59. The Morgan fingerprint density at radius 1 is 0.860 bits per heavy atom. The van der Waals surface area contributed by atoms with Crippen molar-refractivity contribution in [1.82, 2.24) is 9.88 Å². The van der Waals surface area contributed by atoms with Crippen molar-refractivity contribution in [2.45, 2.75) is 38.3 Å². The number of halogens is 3. The molecule has 4 aromatic carbocycles. The van der Waals surface area contributed by atoms with Crippen molar-refractivity contribution >= 4 is 28.4 Å². The van der Waals surface area contributed by atoms with Crippen LogP contribution in [0.2, 0.25) is 0 Å². The second-order valence-electron chi connectivity index (χ2n) is 10.7. The van der Waals surface area contributed by atoms with Crippen molar-refractivity contribution in [3.63, 3.8) is 0 Å². The predicted octanol–water partition coefficient (Wildman–Crippen LogP) is 8.02. The number of hydrogen-bond acceptors (Lipinski definition) is 2. The van der Waals surface area contributed by atoms with Crippen LogP contribution in [0.15, 0.2) is 97.2 Å². The van der Waals surface area contributed by atoms with E-state index in [0.717, 1.165) is 51.7 Å². The molecule has 0 saturated heterocycles. The number of fused-ring (bicyclic) bond motifs is 4. The van der Waals surface area contributed by atoms with Gasteiger partial charge in [0.15, 0.2) is 0 Å². The Hall–Kier alpha value is -4.85. The molecular weight excluding hydrogens is 551 g/mol. The molecule has 0 bridgehead atoms. The van der Waals surface area contributed by atoms with Crippen LogP contribution in [-0.2, 0) is 11.2 Å². The zero-order chi connectivity index (χ0) is 30.1. The third kappa shape index (κ3) is 5.41.